The minimum absolute atomic E-state index is 0.0282. The van der Waals surface area contributed by atoms with Gasteiger partial charge in [-0.2, -0.15) is 5.26 Å². The molecule has 22 heavy (non-hydrogen) atoms. The predicted molar refractivity (Wildman–Crippen MR) is 79.8 cm³/mol. The maximum absolute atomic E-state index is 12.1. The molecule has 0 aliphatic carbocycles. The van der Waals surface area contributed by atoms with Gasteiger partial charge in [-0.1, -0.05) is 12.1 Å². The van der Waals surface area contributed by atoms with Gasteiger partial charge in [0.1, 0.15) is 12.3 Å². The van der Waals surface area contributed by atoms with Gasteiger partial charge in [0.25, 0.3) is 0 Å². The molecule has 0 aromatic heterocycles. The van der Waals surface area contributed by atoms with Crippen LogP contribution >= 0.6 is 0 Å². The van der Waals surface area contributed by atoms with Crippen molar-refractivity contribution in [1.82, 2.24) is 9.80 Å². The van der Waals surface area contributed by atoms with Gasteiger partial charge in [-0.05, 0) is 17.7 Å². The van der Waals surface area contributed by atoms with E-state index in [1.54, 1.807) is 19.1 Å². The zero-order valence-electron chi connectivity index (χ0n) is 12.8. The number of hydrogen-bond acceptors (Lipinski definition) is 4. The van der Waals surface area contributed by atoms with Gasteiger partial charge in [-0.3, -0.25) is 9.59 Å². The fourth-order valence-electron chi connectivity index (χ4n) is 2.54. The minimum atomic E-state index is -0.357. The average molecular weight is 301 g/mol. The summed E-state index contributed by atoms with van der Waals surface area (Å²) >= 11 is 0. The molecule has 116 valence electrons. The molecule has 2 rings (SSSR count). The van der Waals surface area contributed by atoms with Crippen LogP contribution < -0.4 is 4.74 Å². The number of nitriles is 1. The van der Waals surface area contributed by atoms with E-state index in [0.717, 1.165) is 11.3 Å². The quantitative estimate of drug-likeness (QED) is 0.761. The zero-order chi connectivity index (χ0) is 16.1. The number of rotatable bonds is 5. The first kappa shape index (κ1) is 15.8. The number of ether oxygens (including phenoxy) is 1. The fourth-order valence-corrected chi connectivity index (χ4v) is 2.54. The van der Waals surface area contributed by atoms with Crippen molar-refractivity contribution < 1.29 is 14.3 Å². The summed E-state index contributed by atoms with van der Waals surface area (Å²) in [5.74, 6) is 0.235. The number of nitrogens with zero attached hydrogens (tertiary/aromatic N) is 3. The molecular formula is C16H19N3O3. The van der Waals surface area contributed by atoms with E-state index in [-0.39, 0.29) is 30.7 Å². The zero-order valence-corrected chi connectivity index (χ0v) is 12.8. The first-order valence-corrected chi connectivity index (χ1v) is 7.07. The molecule has 1 aromatic rings. The van der Waals surface area contributed by atoms with Crippen LogP contribution in [0, 0.1) is 17.2 Å². The summed E-state index contributed by atoms with van der Waals surface area (Å²) in [5, 5.41) is 8.64. The average Bonchev–Trinajstić information content (AvgIpc) is 2.88. The molecule has 0 spiro atoms. The highest BCUT2D eigenvalue weighted by molar-refractivity contribution is 5.89. The molecule has 6 nitrogen and oxygen atoms in total. The van der Waals surface area contributed by atoms with E-state index in [1.165, 1.54) is 4.90 Å². The molecule has 0 N–H and O–H groups in total. The van der Waals surface area contributed by atoms with Crippen molar-refractivity contribution in [2.45, 2.75) is 13.0 Å². The Morgan fingerprint density at radius 3 is 2.73 bits per heavy atom. The Morgan fingerprint density at radius 2 is 2.14 bits per heavy atom. The Hall–Kier alpha value is -2.55. The lowest BCUT2D eigenvalue weighted by Crippen LogP contribution is -2.34. The van der Waals surface area contributed by atoms with Crippen molar-refractivity contribution in [2.24, 2.45) is 5.92 Å². The van der Waals surface area contributed by atoms with Crippen molar-refractivity contribution in [2.75, 3.05) is 27.2 Å². The normalized spacial score (nSPS) is 17.2. The highest BCUT2D eigenvalue weighted by atomic mass is 16.5. The van der Waals surface area contributed by atoms with Gasteiger partial charge < -0.3 is 14.5 Å². The second-order valence-corrected chi connectivity index (χ2v) is 5.38. The molecule has 6 heteroatoms. The van der Waals surface area contributed by atoms with E-state index in [9.17, 15) is 9.59 Å². The van der Waals surface area contributed by atoms with Crippen LogP contribution in [-0.4, -0.2) is 48.9 Å². The van der Waals surface area contributed by atoms with E-state index in [4.69, 9.17) is 10.00 Å². The van der Waals surface area contributed by atoms with Crippen molar-refractivity contribution in [3.63, 3.8) is 0 Å². The number of amides is 2. The number of likely N-dealkylation sites (tertiary alicyclic amines) is 1. The topological polar surface area (TPSA) is 73.6 Å². The smallest absolute Gasteiger partial charge is 0.228 e. The van der Waals surface area contributed by atoms with Gasteiger partial charge >= 0.3 is 0 Å². The van der Waals surface area contributed by atoms with Crippen LogP contribution in [0.3, 0.4) is 0 Å². The third kappa shape index (κ3) is 3.55. The van der Waals surface area contributed by atoms with Crippen LogP contribution in [-0.2, 0) is 16.1 Å². The summed E-state index contributed by atoms with van der Waals surface area (Å²) in [5.41, 5.74) is 0.993. The maximum atomic E-state index is 12.1. The van der Waals surface area contributed by atoms with Gasteiger partial charge in [0.15, 0.2) is 0 Å². The molecule has 0 unspecified atom stereocenters. The van der Waals surface area contributed by atoms with Crippen LogP contribution in [0.25, 0.3) is 0 Å². The lowest BCUT2D eigenvalue weighted by Gasteiger charge is -2.19. The van der Waals surface area contributed by atoms with Crippen molar-refractivity contribution in [1.29, 1.82) is 5.26 Å². The molecule has 1 heterocycles. The Balaban J connectivity index is 1.97. The van der Waals surface area contributed by atoms with Gasteiger partial charge in [0.2, 0.25) is 11.8 Å². The second kappa shape index (κ2) is 6.94. The Morgan fingerprint density at radius 1 is 1.45 bits per heavy atom. The Kier molecular flexibility index (Phi) is 4.99. The highest BCUT2D eigenvalue weighted by Crippen LogP contribution is 2.22. The summed E-state index contributed by atoms with van der Waals surface area (Å²) in [6, 6.07) is 9.44. The highest BCUT2D eigenvalue weighted by Gasteiger charge is 2.35. The van der Waals surface area contributed by atoms with E-state index < -0.39 is 0 Å². The van der Waals surface area contributed by atoms with Gasteiger partial charge in [0.05, 0.1) is 19.1 Å². The molecule has 1 aromatic carbocycles. The van der Waals surface area contributed by atoms with Crippen LogP contribution in [0.4, 0.5) is 0 Å². The number of carbonyl (C=O) groups is 2. The summed E-state index contributed by atoms with van der Waals surface area (Å²) in [7, 11) is 3.19. The van der Waals surface area contributed by atoms with Crippen molar-refractivity contribution in [3.8, 4) is 11.8 Å². The fraction of sp³-hybridized carbons (Fsp3) is 0.438. The first-order chi connectivity index (χ1) is 10.5. The molecule has 1 fully saturated rings. The standard InChI is InChI=1S/C16H19N3O3/c1-18(8-7-17)16(21)13-9-15(20)19(11-13)10-12-3-5-14(22-2)6-4-12/h3-6,13H,8-11H2,1-2H3/t13-/m1/s1. The molecule has 1 aliphatic rings. The lowest BCUT2D eigenvalue weighted by molar-refractivity contribution is -0.134. The first-order valence-electron chi connectivity index (χ1n) is 7.07. The van der Waals surface area contributed by atoms with Crippen molar-refractivity contribution in [3.05, 3.63) is 29.8 Å². The van der Waals surface area contributed by atoms with E-state index >= 15 is 0 Å². The SMILES string of the molecule is COc1ccc(CN2C[C@H](C(=O)N(C)CC#N)CC2=O)cc1. The number of methoxy groups -OCH3 is 1. The molecule has 2 amide bonds. The van der Waals surface area contributed by atoms with E-state index in [0.29, 0.717) is 13.1 Å². The van der Waals surface area contributed by atoms with E-state index in [1.807, 2.05) is 30.3 Å². The number of benzene rings is 1. The summed E-state index contributed by atoms with van der Waals surface area (Å²) in [4.78, 5) is 27.3. The maximum Gasteiger partial charge on any atom is 0.228 e. The van der Waals surface area contributed by atoms with Crippen LogP contribution in [0.1, 0.15) is 12.0 Å². The predicted octanol–water partition coefficient (Wildman–Crippen LogP) is 1.03. The minimum Gasteiger partial charge on any atom is -0.497 e. The largest absolute Gasteiger partial charge is 0.497 e. The molecule has 1 saturated heterocycles. The number of carbonyl (C=O) groups excluding carboxylic acids is 2. The van der Waals surface area contributed by atoms with Gasteiger partial charge in [-0.15, -0.1) is 0 Å². The van der Waals surface area contributed by atoms with Crippen LogP contribution in [0.15, 0.2) is 24.3 Å². The molecule has 0 radical (unpaired) electrons. The summed E-state index contributed by atoms with van der Waals surface area (Å²) in [6.45, 7) is 0.927. The third-order valence-corrected chi connectivity index (χ3v) is 3.78. The van der Waals surface area contributed by atoms with Crippen LogP contribution in [0.2, 0.25) is 0 Å². The summed E-state index contributed by atoms with van der Waals surface area (Å²) < 4.78 is 5.10. The van der Waals surface area contributed by atoms with Gasteiger partial charge in [0, 0.05) is 26.6 Å². The molecule has 1 atom stereocenters. The third-order valence-electron chi connectivity index (χ3n) is 3.78. The molecule has 1 aliphatic heterocycles. The molecule has 0 bridgehead atoms. The van der Waals surface area contributed by atoms with Crippen molar-refractivity contribution >= 4 is 11.8 Å². The molecular weight excluding hydrogens is 282 g/mol. The Labute approximate surface area is 129 Å². The van der Waals surface area contributed by atoms with Crippen LogP contribution in [0.5, 0.6) is 5.75 Å². The van der Waals surface area contributed by atoms with Gasteiger partial charge in [-0.25, -0.2) is 0 Å². The number of hydrogen-bond donors (Lipinski definition) is 0. The monoisotopic (exact) mass is 301 g/mol. The second-order valence-electron chi connectivity index (χ2n) is 5.38. The lowest BCUT2D eigenvalue weighted by atomic mass is 10.1. The van der Waals surface area contributed by atoms with E-state index in [2.05, 4.69) is 0 Å². The summed E-state index contributed by atoms with van der Waals surface area (Å²) in [6.07, 6.45) is 0.213. The Bertz CT molecular complexity index is 592. The molecule has 0 saturated carbocycles.